The normalized spacial score (nSPS) is 17.1. The lowest BCUT2D eigenvalue weighted by atomic mass is 10.1. The number of halogens is 2. The zero-order chi connectivity index (χ0) is 10.3. The van der Waals surface area contributed by atoms with Gasteiger partial charge in [-0.25, -0.2) is 4.98 Å². The van der Waals surface area contributed by atoms with Crippen molar-refractivity contribution in [3.8, 4) is 6.07 Å². The van der Waals surface area contributed by atoms with E-state index in [-0.39, 0.29) is 5.91 Å². The highest BCUT2D eigenvalue weighted by Crippen LogP contribution is 2.47. The van der Waals surface area contributed by atoms with Crippen LogP contribution in [0.15, 0.2) is 12.3 Å². The Hall–Kier alpha value is -0.930. The van der Waals surface area contributed by atoms with Gasteiger partial charge in [-0.15, -0.1) is 0 Å². The number of amides is 1. The number of hydrogen-bond donors (Lipinski definition) is 1. The van der Waals surface area contributed by atoms with E-state index in [1.165, 1.54) is 6.20 Å². The van der Waals surface area contributed by atoms with Crippen LogP contribution in [-0.4, -0.2) is 10.9 Å². The van der Waals surface area contributed by atoms with Gasteiger partial charge in [0.2, 0.25) is 0 Å². The van der Waals surface area contributed by atoms with Gasteiger partial charge in [-0.3, -0.25) is 4.79 Å². The van der Waals surface area contributed by atoms with E-state index in [2.05, 4.69) is 42.2 Å². The summed E-state index contributed by atoms with van der Waals surface area (Å²) in [6, 6.07) is 3.58. The van der Waals surface area contributed by atoms with Crippen LogP contribution in [0.1, 0.15) is 11.1 Å². The molecule has 0 radical (unpaired) electrons. The number of carbonyl (C=O) groups excluding carboxylic acids is 1. The minimum Gasteiger partial charge on any atom is -0.308 e. The summed E-state index contributed by atoms with van der Waals surface area (Å²) in [6.45, 7) is 0. The summed E-state index contributed by atoms with van der Waals surface area (Å²) < 4.78 is -1.03. The van der Waals surface area contributed by atoms with Gasteiger partial charge in [-0.05, 0) is 6.07 Å². The number of pyridine rings is 1. The molecule has 1 N–H and O–H groups in total. The van der Waals surface area contributed by atoms with E-state index in [1.54, 1.807) is 6.07 Å². The number of rotatable bonds is 0. The van der Waals surface area contributed by atoms with Crippen LogP contribution >= 0.6 is 31.9 Å². The molecule has 0 aliphatic carbocycles. The van der Waals surface area contributed by atoms with Crippen molar-refractivity contribution in [3.63, 3.8) is 0 Å². The molecule has 1 aliphatic heterocycles. The summed E-state index contributed by atoms with van der Waals surface area (Å²) in [5, 5.41) is 11.4. The Labute approximate surface area is 96.6 Å². The van der Waals surface area contributed by atoms with Crippen LogP contribution in [0.2, 0.25) is 0 Å². The molecule has 0 spiro atoms. The molecule has 14 heavy (non-hydrogen) atoms. The van der Waals surface area contributed by atoms with Crippen LogP contribution < -0.4 is 5.32 Å². The maximum Gasteiger partial charge on any atom is 0.258 e. The molecule has 2 rings (SSSR count). The van der Waals surface area contributed by atoms with Gasteiger partial charge in [0, 0.05) is 11.8 Å². The fourth-order valence-corrected chi connectivity index (χ4v) is 2.27. The van der Waals surface area contributed by atoms with Crippen molar-refractivity contribution in [1.29, 1.82) is 5.26 Å². The molecule has 0 aromatic carbocycles. The van der Waals surface area contributed by atoms with E-state index in [4.69, 9.17) is 5.26 Å². The van der Waals surface area contributed by atoms with Crippen LogP contribution in [0.4, 0.5) is 5.82 Å². The van der Waals surface area contributed by atoms with Crippen LogP contribution in [0.25, 0.3) is 0 Å². The minimum absolute atomic E-state index is 0.275. The Morgan fingerprint density at radius 3 is 2.93 bits per heavy atom. The number of nitrogens with one attached hydrogen (secondary N) is 1. The van der Waals surface area contributed by atoms with Crippen LogP contribution in [-0.2, 0) is 8.03 Å². The maximum atomic E-state index is 11.5. The first kappa shape index (κ1) is 9.62. The highest BCUT2D eigenvalue weighted by atomic mass is 79.9. The molecule has 1 aromatic heterocycles. The van der Waals surface area contributed by atoms with Gasteiger partial charge in [0.1, 0.15) is 5.82 Å². The summed E-state index contributed by atoms with van der Waals surface area (Å²) in [5.74, 6) is 0.144. The smallest absolute Gasteiger partial charge is 0.258 e. The highest BCUT2D eigenvalue weighted by Gasteiger charge is 2.45. The molecule has 1 aromatic rings. The largest absolute Gasteiger partial charge is 0.308 e. The number of nitriles is 1. The molecule has 70 valence electrons. The SMILES string of the molecule is N#Cc1ccnc2c1C(Br)(Br)C(=O)N2. The molecule has 0 bridgehead atoms. The standard InChI is InChI=1S/C8H3Br2N3O/c9-8(10)5-4(3-11)1-2-12-6(5)13-7(8)14/h1-2H,(H,12,13,14). The van der Waals surface area contributed by atoms with E-state index in [9.17, 15) is 4.79 Å². The van der Waals surface area contributed by atoms with Crippen LogP contribution in [0, 0.1) is 11.3 Å². The molecule has 0 saturated heterocycles. The summed E-state index contributed by atoms with van der Waals surface area (Å²) >= 11 is 6.42. The maximum absolute atomic E-state index is 11.5. The Morgan fingerprint density at radius 2 is 2.29 bits per heavy atom. The number of hydrogen-bond acceptors (Lipinski definition) is 3. The summed E-state index contributed by atoms with van der Waals surface area (Å²) in [4.78, 5) is 15.4. The van der Waals surface area contributed by atoms with Crippen molar-refractivity contribution in [1.82, 2.24) is 4.98 Å². The average molecular weight is 317 g/mol. The average Bonchev–Trinajstić information content (AvgIpc) is 2.38. The number of aromatic nitrogens is 1. The Kier molecular flexibility index (Phi) is 2.09. The molecular weight excluding hydrogens is 314 g/mol. The van der Waals surface area contributed by atoms with Crippen molar-refractivity contribution in [2.75, 3.05) is 5.32 Å². The van der Waals surface area contributed by atoms with Gasteiger partial charge < -0.3 is 5.32 Å². The lowest BCUT2D eigenvalue weighted by Gasteiger charge is -2.10. The highest BCUT2D eigenvalue weighted by molar-refractivity contribution is 9.25. The second kappa shape index (κ2) is 3.04. The van der Waals surface area contributed by atoms with E-state index in [0.29, 0.717) is 16.9 Å². The van der Waals surface area contributed by atoms with Gasteiger partial charge >= 0.3 is 0 Å². The molecule has 1 aliphatic rings. The fourth-order valence-electron chi connectivity index (χ4n) is 1.27. The first-order chi connectivity index (χ1) is 6.57. The van der Waals surface area contributed by atoms with Gasteiger partial charge in [0.25, 0.3) is 5.91 Å². The lowest BCUT2D eigenvalue weighted by molar-refractivity contribution is -0.115. The van der Waals surface area contributed by atoms with Crippen molar-refractivity contribution < 1.29 is 4.79 Å². The molecule has 0 fully saturated rings. The number of fused-ring (bicyclic) bond motifs is 1. The molecule has 0 unspecified atom stereocenters. The summed E-state index contributed by atoms with van der Waals surface area (Å²) in [7, 11) is 0. The predicted octanol–water partition coefficient (Wildman–Crippen LogP) is 1.85. The number of anilines is 1. The van der Waals surface area contributed by atoms with E-state index < -0.39 is 3.23 Å². The van der Waals surface area contributed by atoms with Gasteiger partial charge in [-0.1, -0.05) is 31.9 Å². The molecule has 4 nitrogen and oxygen atoms in total. The topological polar surface area (TPSA) is 65.8 Å². The third-order valence-electron chi connectivity index (χ3n) is 1.90. The second-order valence-electron chi connectivity index (χ2n) is 2.72. The van der Waals surface area contributed by atoms with Crippen molar-refractivity contribution in [2.24, 2.45) is 0 Å². The fraction of sp³-hybridized carbons (Fsp3) is 0.125. The van der Waals surface area contributed by atoms with Crippen LogP contribution in [0.3, 0.4) is 0 Å². The Balaban J connectivity index is 2.74. The number of carbonyl (C=O) groups is 1. The summed E-state index contributed by atoms with van der Waals surface area (Å²) in [6.07, 6.45) is 1.49. The van der Waals surface area contributed by atoms with Crippen molar-refractivity contribution in [3.05, 3.63) is 23.4 Å². The molecule has 2 heterocycles. The summed E-state index contributed by atoms with van der Waals surface area (Å²) in [5.41, 5.74) is 0.953. The minimum atomic E-state index is -1.03. The molecule has 0 atom stereocenters. The van der Waals surface area contributed by atoms with E-state index in [0.717, 1.165) is 0 Å². The third kappa shape index (κ3) is 1.16. The van der Waals surface area contributed by atoms with Gasteiger partial charge in [-0.2, -0.15) is 5.26 Å². The molecule has 0 saturated carbocycles. The van der Waals surface area contributed by atoms with Gasteiger partial charge in [0.15, 0.2) is 3.23 Å². The number of nitrogens with zero attached hydrogens (tertiary/aromatic N) is 2. The van der Waals surface area contributed by atoms with Crippen LogP contribution in [0.5, 0.6) is 0 Å². The second-order valence-corrected chi connectivity index (χ2v) is 6.17. The lowest BCUT2D eigenvalue weighted by Crippen LogP contribution is -2.20. The van der Waals surface area contributed by atoms with Crippen molar-refractivity contribution >= 4 is 43.6 Å². The van der Waals surface area contributed by atoms with E-state index >= 15 is 0 Å². The van der Waals surface area contributed by atoms with E-state index in [1.807, 2.05) is 6.07 Å². The zero-order valence-electron chi connectivity index (χ0n) is 6.71. The zero-order valence-corrected chi connectivity index (χ0v) is 9.89. The molecule has 1 amide bonds. The van der Waals surface area contributed by atoms with Crippen molar-refractivity contribution in [2.45, 2.75) is 3.23 Å². The Bertz CT molecular complexity index is 464. The first-order valence-corrected chi connectivity index (χ1v) is 5.25. The first-order valence-electron chi connectivity index (χ1n) is 3.66. The monoisotopic (exact) mass is 315 g/mol. The number of alkyl halides is 2. The predicted molar refractivity (Wildman–Crippen MR) is 57.1 cm³/mol. The molecular formula is C8H3Br2N3O. The third-order valence-corrected chi connectivity index (χ3v) is 3.42. The quantitative estimate of drug-likeness (QED) is 0.743. The Morgan fingerprint density at radius 1 is 1.57 bits per heavy atom. The molecule has 6 heteroatoms. The van der Waals surface area contributed by atoms with Gasteiger partial charge in [0.05, 0.1) is 11.6 Å².